The molecule has 1 aliphatic rings. The Morgan fingerprint density at radius 1 is 1.32 bits per heavy atom. The van der Waals surface area contributed by atoms with E-state index in [1.807, 2.05) is 0 Å². The van der Waals surface area contributed by atoms with Gasteiger partial charge in [0.25, 0.3) is 5.91 Å². The molecule has 0 radical (unpaired) electrons. The van der Waals surface area contributed by atoms with Gasteiger partial charge < -0.3 is 9.64 Å². The lowest BCUT2D eigenvalue weighted by atomic mass is 10.0. The molecule has 0 aliphatic carbocycles. The zero-order valence-corrected chi connectivity index (χ0v) is 11.5. The van der Waals surface area contributed by atoms with Crippen LogP contribution in [0.25, 0.3) is 0 Å². The second-order valence-corrected chi connectivity index (χ2v) is 4.92. The molecular weight excluding hydrogens is 266 g/mol. The molecule has 1 fully saturated rings. The number of ether oxygens (including phenoxy) is 1. The highest BCUT2D eigenvalue weighted by molar-refractivity contribution is 6.33. The van der Waals surface area contributed by atoms with Gasteiger partial charge in [-0.05, 0) is 31.4 Å². The Hall–Kier alpha value is -1.55. The zero-order chi connectivity index (χ0) is 13.8. The number of likely N-dealkylation sites (tertiary alicyclic amines) is 1. The molecule has 0 saturated carbocycles. The molecule has 4 nitrogen and oxygen atoms in total. The van der Waals surface area contributed by atoms with Crippen molar-refractivity contribution in [2.24, 2.45) is 0 Å². The van der Waals surface area contributed by atoms with Crippen LogP contribution < -0.4 is 0 Å². The quantitative estimate of drug-likeness (QED) is 0.783. The molecule has 5 heteroatoms. The Balaban J connectivity index is 2.25. The standard InChI is InChI=1S/C14H16ClNO3/c1-19-14(18)12-8-4-5-9-16(12)13(17)10-6-2-3-7-11(10)15/h2-3,6-7,12H,4-5,8-9H2,1H3. The lowest BCUT2D eigenvalue weighted by molar-refractivity contribution is -0.147. The van der Waals surface area contributed by atoms with Crippen LogP contribution in [0.5, 0.6) is 0 Å². The van der Waals surface area contributed by atoms with Crippen molar-refractivity contribution < 1.29 is 14.3 Å². The number of rotatable bonds is 2. The Morgan fingerprint density at radius 2 is 2.05 bits per heavy atom. The van der Waals surface area contributed by atoms with E-state index in [0.717, 1.165) is 12.8 Å². The minimum atomic E-state index is -0.498. The highest BCUT2D eigenvalue weighted by Gasteiger charge is 2.33. The lowest BCUT2D eigenvalue weighted by Crippen LogP contribution is -2.48. The van der Waals surface area contributed by atoms with E-state index < -0.39 is 6.04 Å². The highest BCUT2D eigenvalue weighted by Crippen LogP contribution is 2.23. The maximum absolute atomic E-state index is 12.5. The Morgan fingerprint density at radius 3 is 2.74 bits per heavy atom. The van der Waals surface area contributed by atoms with Crippen LogP contribution in [0.3, 0.4) is 0 Å². The van der Waals surface area contributed by atoms with Crippen molar-refractivity contribution in [2.45, 2.75) is 25.3 Å². The summed E-state index contributed by atoms with van der Waals surface area (Å²) >= 11 is 6.04. The third-order valence-corrected chi connectivity index (χ3v) is 3.67. The number of halogens is 1. The fourth-order valence-electron chi connectivity index (χ4n) is 2.35. The second-order valence-electron chi connectivity index (χ2n) is 4.51. The number of hydrogen-bond acceptors (Lipinski definition) is 3. The van der Waals surface area contributed by atoms with Crippen LogP contribution in [-0.4, -0.2) is 36.5 Å². The molecule has 0 aromatic heterocycles. The van der Waals surface area contributed by atoms with Crippen molar-refractivity contribution in [3.05, 3.63) is 34.9 Å². The van der Waals surface area contributed by atoms with Gasteiger partial charge in [0, 0.05) is 6.54 Å². The predicted octanol–water partition coefficient (Wildman–Crippen LogP) is 2.51. The molecule has 1 atom stereocenters. The van der Waals surface area contributed by atoms with Crippen LogP contribution in [0.1, 0.15) is 29.6 Å². The number of hydrogen-bond donors (Lipinski definition) is 0. The van der Waals surface area contributed by atoms with E-state index in [2.05, 4.69) is 0 Å². The van der Waals surface area contributed by atoms with Gasteiger partial charge >= 0.3 is 5.97 Å². The summed E-state index contributed by atoms with van der Waals surface area (Å²) in [6.45, 7) is 0.559. The molecule has 0 N–H and O–H groups in total. The van der Waals surface area contributed by atoms with Crippen LogP contribution in [0.15, 0.2) is 24.3 Å². The summed E-state index contributed by atoms with van der Waals surface area (Å²) in [5.41, 5.74) is 0.431. The van der Waals surface area contributed by atoms with Crippen molar-refractivity contribution >= 4 is 23.5 Å². The molecule has 1 heterocycles. The number of amides is 1. The lowest BCUT2D eigenvalue weighted by Gasteiger charge is -2.34. The molecule has 19 heavy (non-hydrogen) atoms. The summed E-state index contributed by atoms with van der Waals surface area (Å²) in [4.78, 5) is 25.8. The van der Waals surface area contributed by atoms with E-state index in [0.29, 0.717) is 23.6 Å². The molecule has 1 aromatic carbocycles. The van der Waals surface area contributed by atoms with Gasteiger partial charge in [0.15, 0.2) is 0 Å². The number of carbonyl (C=O) groups is 2. The minimum absolute atomic E-state index is 0.208. The minimum Gasteiger partial charge on any atom is -0.467 e. The summed E-state index contributed by atoms with van der Waals surface area (Å²) < 4.78 is 4.77. The van der Waals surface area contributed by atoms with Gasteiger partial charge in [0.1, 0.15) is 6.04 Å². The third-order valence-electron chi connectivity index (χ3n) is 3.34. The zero-order valence-electron chi connectivity index (χ0n) is 10.8. The number of methoxy groups -OCH3 is 1. The first-order valence-corrected chi connectivity index (χ1v) is 6.66. The predicted molar refractivity (Wildman–Crippen MR) is 72.1 cm³/mol. The molecule has 1 amide bonds. The van der Waals surface area contributed by atoms with E-state index in [1.54, 1.807) is 29.2 Å². The average molecular weight is 282 g/mol. The van der Waals surface area contributed by atoms with Crippen molar-refractivity contribution in [1.29, 1.82) is 0 Å². The van der Waals surface area contributed by atoms with Crippen molar-refractivity contribution in [3.63, 3.8) is 0 Å². The summed E-state index contributed by atoms with van der Waals surface area (Å²) in [6, 6.07) is 6.38. The molecule has 1 aliphatic heterocycles. The highest BCUT2D eigenvalue weighted by atomic mass is 35.5. The summed E-state index contributed by atoms with van der Waals surface area (Å²) in [5.74, 6) is -0.569. The summed E-state index contributed by atoms with van der Waals surface area (Å²) in [7, 11) is 1.34. The second kappa shape index (κ2) is 6.06. The van der Waals surface area contributed by atoms with Crippen LogP contribution in [0.4, 0.5) is 0 Å². The van der Waals surface area contributed by atoms with E-state index >= 15 is 0 Å². The molecule has 1 unspecified atom stereocenters. The van der Waals surface area contributed by atoms with Crippen molar-refractivity contribution in [3.8, 4) is 0 Å². The molecule has 102 valence electrons. The van der Waals surface area contributed by atoms with Crippen LogP contribution in [0, 0.1) is 0 Å². The normalized spacial score (nSPS) is 19.1. The van der Waals surface area contributed by atoms with Crippen LogP contribution >= 0.6 is 11.6 Å². The maximum atomic E-state index is 12.5. The molecular formula is C14H16ClNO3. The number of esters is 1. The van der Waals surface area contributed by atoms with E-state index in [-0.39, 0.29) is 11.9 Å². The Bertz CT molecular complexity index is 489. The fourth-order valence-corrected chi connectivity index (χ4v) is 2.56. The van der Waals surface area contributed by atoms with Crippen LogP contribution in [0.2, 0.25) is 5.02 Å². The smallest absolute Gasteiger partial charge is 0.328 e. The fraction of sp³-hybridized carbons (Fsp3) is 0.429. The Kier molecular flexibility index (Phi) is 4.43. The SMILES string of the molecule is COC(=O)C1CCCCN1C(=O)c1ccccc1Cl. The first kappa shape index (κ1) is 13.9. The van der Waals surface area contributed by atoms with Crippen molar-refractivity contribution in [2.75, 3.05) is 13.7 Å². The van der Waals surface area contributed by atoms with Gasteiger partial charge in [0.05, 0.1) is 17.7 Å². The maximum Gasteiger partial charge on any atom is 0.328 e. The largest absolute Gasteiger partial charge is 0.467 e. The van der Waals surface area contributed by atoms with Gasteiger partial charge in [-0.1, -0.05) is 23.7 Å². The van der Waals surface area contributed by atoms with Gasteiger partial charge in [0.2, 0.25) is 0 Å². The number of nitrogens with zero attached hydrogens (tertiary/aromatic N) is 1. The summed E-state index contributed by atoms with van der Waals surface area (Å²) in [5, 5.41) is 0.404. The van der Waals surface area contributed by atoms with E-state index in [9.17, 15) is 9.59 Å². The average Bonchev–Trinajstić information content (AvgIpc) is 2.46. The van der Waals surface area contributed by atoms with Crippen LogP contribution in [-0.2, 0) is 9.53 Å². The monoisotopic (exact) mass is 281 g/mol. The Labute approximate surface area is 117 Å². The molecule has 2 rings (SSSR count). The number of carbonyl (C=O) groups excluding carboxylic acids is 2. The summed E-state index contributed by atoms with van der Waals surface area (Å²) in [6.07, 6.45) is 2.46. The van der Waals surface area contributed by atoms with Gasteiger partial charge in [-0.3, -0.25) is 4.79 Å². The van der Waals surface area contributed by atoms with E-state index in [4.69, 9.17) is 16.3 Å². The third kappa shape index (κ3) is 2.89. The molecule has 1 aromatic rings. The van der Waals surface area contributed by atoms with E-state index in [1.165, 1.54) is 7.11 Å². The number of benzene rings is 1. The van der Waals surface area contributed by atoms with Crippen molar-refractivity contribution in [1.82, 2.24) is 4.90 Å². The topological polar surface area (TPSA) is 46.6 Å². The number of piperidine rings is 1. The molecule has 0 spiro atoms. The first-order chi connectivity index (χ1) is 9.15. The molecule has 0 bridgehead atoms. The molecule has 1 saturated heterocycles. The first-order valence-electron chi connectivity index (χ1n) is 6.28. The van der Waals surface area contributed by atoms with Gasteiger partial charge in [-0.2, -0.15) is 0 Å². The van der Waals surface area contributed by atoms with Gasteiger partial charge in [-0.25, -0.2) is 4.79 Å². The van der Waals surface area contributed by atoms with Gasteiger partial charge in [-0.15, -0.1) is 0 Å².